The minimum atomic E-state index is -0.462. The Morgan fingerprint density at radius 2 is 1.70 bits per heavy atom. The second kappa shape index (κ2) is 10.1. The number of hydrogen-bond donors (Lipinski definition) is 2. The standard InChI is InChI=1S/C23H18BrClN2O3/c1-30-20-11-5-15(6-12-20)13-21(23(29)26-19-9-7-18(25)8-10-19)27-22(28)16-3-2-4-17(24)14-16/h2-14H,1H3,(H,26,29)(H,27,28)/b21-13+. The number of halogens is 2. The molecule has 3 rings (SSSR count). The lowest BCUT2D eigenvalue weighted by atomic mass is 10.1. The molecular weight excluding hydrogens is 468 g/mol. The summed E-state index contributed by atoms with van der Waals surface area (Å²) in [6.45, 7) is 0. The number of amides is 2. The van der Waals surface area contributed by atoms with Gasteiger partial charge in [-0.05, 0) is 66.2 Å². The van der Waals surface area contributed by atoms with Crippen molar-refractivity contribution in [3.8, 4) is 5.75 Å². The minimum absolute atomic E-state index is 0.0973. The summed E-state index contributed by atoms with van der Waals surface area (Å²) in [6, 6.07) is 20.8. The maximum Gasteiger partial charge on any atom is 0.272 e. The molecule has 0 aromatic heterocycles. The van der Waals surface area contributed by atoms with Gasteiger partial charge in [-0.15, -0.1) is 0 Å². The van der Waals surface area contributed by atoms with E-state index in [1.165, 1.54) is 0 Å². The Morgan fingerprint density at radius 1 is 1.00 bits per heavy atom. The summed E-state index contributed by atoms with van der Waals surface area (Å²) < 4.78 is 5.92. The zero-order valence-electron chi connectivity index (χ0n) is 16.0. The van der Waals surface area contributed by atoms with Crippen molar-refractivity contribution in [3.05, 3.63) is 99.1 Å². The van der Waals surface area contributed by atoms with Gasteiger partial charge >= 0.3 is 0 Å². The monoisotopic (exact) mass is 484 g/mol. The molecule has 0 saturated heterocycles. The van der Waals surface area contributed by atoms with Crippen LogP contribution >= 0.6 is 27.5 Å². The number of benzene rings is 3. The summed E-state index contributed by atoms with van der Waals surface area (Å²) in [4.78, 5) is 25.6. The summed E-state index contributed by atoms with van der Waals surface area (Å²) in [6.07, 6.45) is 1.60. The van der Waals surface area contributed by atoms with Gasteiger partial charge in [0.25, 0.3) is 11.8 Å². The fourth-order valence-electron chi connectivity index (χ4n) is 2.58. The number of carbonyl (C=O) groups excluding carboxylic acids is 2. The van der Waals surface area contributed by atoms with E-state index in [-0.39, 0.29) is 5.70 Å². The summed E-state index contributed by atoms with van der Waals surface area (Å²) in [5.41, 5.74) is 1.80. The third-order valence-electron chi connectivity index (χ3n) is 4.11. The van der Waals surface area contributed by atoms with Crippen molar-refractivity contribution in [2.24, 2.45) is 0 Å². The number of carbonyl (C=O) groups is 2. The van der Waals surface area contributed by atoms with Crippen LogP contribution in [-0.2, 0) is 4.79 Å². The van der Waals surface area contributed by atoms with Crippen molar-refractivity contribution in [1.82, 2.24) is 5.32 Å². The van der Waals surface area contributed by atoms with Crippen molar-refractivity contribution in [2.45, 2.75) is 0 Å². The maximum atomic E-state index is 12.9. The highest BCUT2D eigenvalue weighted by Crippen LogP contribution is 2.17. The van der Waals surface area contributed by atoms with Gasteiger partial charge in [0.15, 0.2) is 0 Å². The molecule has 0 unspecified atom stereocenters. The lowest BCUT2D eigenvalue weighted by Gasteiger charge is -2.12. The molecule has 7 heteroatoms. The molecule has 152 valence electrons. The van der Waals surface area contributed by atoms with E-state index in [1.54, 1.807) is 79.9 Å². The Morgan fingerprint density at radius 3 is 2.33 bits per heavy atom. The predicted molar refractivity (Wildman–Crippen MR) is 123 cm³/mol. The highest BCUT2D eigenvalue weighted by atomic mass is 79.9. The van der Waals surface area contributed by atoms with Gasteiger partial charge < -0.3 is 15.4 Å². The number of ether oxygens (including phenoxy) is 1. The molecule has 5 nitrogen and oxygen atoms in total. The van der Waals surface area contributed by atoms with Gasteiger partial charge in [0.05, 0.1) is 7.11 Å². The van der Waals surface area contributed by atoms with Crippen LogP contribution in [0.4, 0.5) is 5.69 Å². The van der Waals surface area contributed by atoms with Crippen molar-refractivity contribution in [3.63, 3.8) is 0 Å². The lowest BCUT2D eigenvalue weighted by molar-refractivity contribution is -0.113. The van der Waals surface area contributed by atoms with Crippen LogP contribution in [-0.4, -0.2) is 18.9 Å². The Kier molecular flexibility index (Phi) is 7.27. The van der Waals surface area contributed by atoms with Crippen LogP contribution in [0.1, 0.15) is 15.9 Å². The minimum Gasteiger partial charge on any atom is -0.497 e. The molecule has 2 amide bonds. The molecule has 0 aliphatic rings. The number of methoxy groups -OCH3 is 1. The molecule has 0 heterocycles. The van der Waals surface area contributed by atoms with Crippen LogP contribution in [0, 0.1) is 0 Å². The molecule has 0 fully saturated rings. The second-order valence-electron chi connectivity index (χ2n) is 6.26. The van der Waals surface area contributed by atoms with E-state index < -0.39 is 11.8 Å². The summed E-state index contributed by atoms with van der Waals surface area (Å²) in [5.74, 6) is -0.170. The first-order valence-electron chi connectivity index (χ1n) is 8.94. The van der Waals surface area contributed by atoms with E-state index in [1.807, 2.05) is 6.07 Å². The van der Waals surface area contributed by atoms with Crippen LogP contribution in [0.5, 0.6) is 5.75 Å². The fourth-order valence-corrected chi connectivity index (χ4v) is 3.11. The number of rotatable bonds is 6. The van der Waals surface area contributed by atoms with Gasteiger partial charge in [0.1, 0.15) is 11.4 Å². The first-order valence-corrected chi connectivity index (χ1v) is 10.1. The lowest BCUT2D eigenvalue weighted by Crippen LogP contribution is -2.30. The van der Waals surface area contributed by atoms with E-state index in [4.69, 9.17) is 16.3 Å². The summed E-state index contributed by atoms with van der Waals surface area (Å²) in [5, 5.41) is 6.03. The molecule has 0 aliphatic carbocycles. The number of hydrogen-bond acceptors (Lipinski definition) is 3. The quantitative estimate of drug-likeness (QED) is 0.452. The fraction of sp³-hybridized carbons (Fsp3) is 0.0435. The number of nitrogens with one attached hydrogen (secondary N) is 2. The second-order valence-corrected chi connectivity index (χ2v) is 7.61. The van der Waals surface area contributed by atoms with Gasteiger partial charge in [-0.25, -0.2) is 0 Å². The van der Waals surface area contributed by atoms with Gasteiger partial charge in [0.2, 0.25) is 0 Å². The molecule has 0 bridgehead atoms. The Labute approximate surface area is 187 Å². The van der Waals surface area contributed by atoms with Crippen molar-refractivity contribution in [2.75, 3.05) is 12.4 Å². The summed E-state index contributed by atoms with van der Waals surface area (Å²) >= 11 is 9.24. The van der Waals surface area contributed by atoms with E-state index in [2.05, 4.69) is 26.6 Å². The molecule has 3 aromatic rings. The summed E-state index contributed by atoms with van der Waals surface area (Å²) in [7, 11) is 1.58. The van der Waals surface area contributed by atoms with E-state index >= 15 is 0 Å². The molecular formula is C23H18BrClN2O3. The molecule has 2 N–H and O–H groups in total. The Balaban J connectivity index is 1.88. The zero-order chi connectivity index (χ0) is 21.5. The highest BCUT2D eigenvalue weighted by Gasteiger charge is 2.15. The van der Waals surface area contributed by atoms with E-state index in [9.17, 15) is 9.59 Å². The van der Waals surface area contributed by atoms with Gasteiger partial charge in [-0.2, -0.15) is 0 Å². The SMILES string of the molecule is COc1ccc(/C=C(/NC(=O)c2cccc(Br)c2)C(=O)Nc2ccc(Cl)cc2)cc1. The van der Waals surface area contributed by atoms with Crippen molar-refractivity contribution < 1.29 is 14.3 Å². The van der Waals surface area contributed by atoms with Crippen LogP contribution < -0.4 is 15.4 Å². The predicted octanol–water partition coefficient (Wildman–Crippen LogP) is 5.52. The molecule has 0 spiro atoms. The largest absolute Gasteiger partial charge is 0.497 e. The Hall–Kier alpha value is -3.09. The average Bonchev–Trinajstić information content (AvgIpc) is 2.75. The topological polar surface area (TPSA) is 67.4 Å². The number of anilines is 1. The zero-order valence-corrected chi connectivity index (χ0v) is 18.3. The van der Waals surface area contributed by atoms with Crippen molar-refractivity contribution >= 4 is 51.1 Å². The van der Waals surface area contributed by atoms with E-state index in [0.29, 0.717) is 22.0 Å². The Bertz CT molecular complexity index is 1080. The normalized spacial score (nSPS) is 11.0. The molecule has 30 heavy (non-hydrogen) atoms. The van der Waals surface area contributed by atoms with Gasteiger partial charge in [0, 0.05) is 20.7 Å². The third-order valence-corrected chi connectivity index (χ3v) is 4.85. The smallest absolute Gasteiger partial charge is 0.272 e. The third kappa shape index (κ3) is 5.95. The maximum absolute atomic E-state index is 12.9. The van der Waals surface area contributed by atoms with E-state index in [0.717, 1.165) is 10.0 Å². The molecule has 0 saturated carbocycles. The highest BCUT2D eigenvalue weighted by molar-refractivity contribution is 9.10. The first kappa shape index (κ1) is 21.6. The van der Waals surface area contributed by atoms with Crippen LogP contribution in [0.2, 0.25) is 5.02 Å². The molecule has 0 aliphatic heterocycles. The van der Waals surface area contributed by atoms with Crippen LogP contribution in [0.25, 0.3) is 6.08 Å². The molecule has 0 radical (unpaired) electrons. The van der Waals surface area contributed by atoms with Gasteiger partial charge in [-0.3, -0.25) is 9.59 Å². The van der Waals surface area contributed by atoms with Crippen molar-refractivity contribution in [1.29, 1.82) is 0 Å². The van der Waals surface area contributed by atoms with Gasteiger partial charge in [-0.1, -0.05) is 45.7 Å². The van der Waals surface area contributed by atoms with Crippen LogP contribution in [0.3, 0.4) is 0 Å². The molecule has 0 atom stereocenters. The average molecular weight is 486 g/mol. The van der Waals surface area contributed by atoms with Crippen LogP contribution in [0.15, 0.2) is 83.0 Å². The molecule has 3 aromatic carbocycles. The first-order chi connectivity index (χ1) is 14.4.